The van der Waals surface area contributed by atoms with Crippen molar-refractivity contribution in [1.29, 1.82) is 0 Å². The molecule has 8 heteroatoms. The predicted molar refractivity (Wildman–Crippen MR) is 105 cm³/mol. The number of hydrogen-bond donors (Lipinski definition) is 0. The fraction of sp³-hybridized carbons (Fsp3) is 0.381. The van der Waals surface area contributed by atoms with Gasteiger partial charge in [-0.1, -0.05) is 30.3 Å². The standard InChI is InChI=1S/C21H22FN3O4/c1-14-12-28-10-9-24(14)20-16-7-8-25(18(16)17(11-26)19(22)23-20)21(27)29-13-15-5-3-2-4-6-15/h2-6,11,14H,7-10,12-13H2,1H3/t14-/m1/s1. The summed E-state index contributed by atoms with van der Waals surface area (Å²) in [5.41, 5.74) is 1.59. The molecule has 1 aromatic carbocycles. The molecule has 1 atom stereocenters. The van der Waals surface area contributed by atoms with Crippen LogP contribution >= 0.6 is 0 Å². The van der Waals surface area contributed by atoms with Gasteiger partial charge in [0.15, 0.2) is 6.29 Å². The summed E-state index contributed by atoms with van der Waals surface area (Å²) in [6, 6.07) is 9.31. The van der Waals surface area contributed by atoms with Gasteiger partial charge in [0.1, 0.15) is 12.4 Å². The molecule has 2 aliphatic rings. The molecule has 3 heterocycles. The zero-order valence-corrected chi connectivity index (χ0v) is 16.1. The molecule has 1 aromatic heterocycles. The number of morpholine rings is 1. The number of hydrogen-bond acceptors (Lipinski definition) is 6. The maximum Gasteiger partial charge on any atom is 0.414 e. The van der Waals surface area contributed by atoms with Gasteiger partial charge in [-0.2, -0.15) is 4.39 Å². The highest BCUT2D eigenvalue weighted by Gasteiger charge is 2.36. The normalized spacial score (nSPS) is 18.5. The second-order valence-corrected chi connectivity index (χ2v) is 7.14. The molecule has 4 rings (SSSR count). The summed E-state index contributed by atoms with van der Waals surface area (Å²) >= 11 is 0. The number of nitrogens with zero attached hydrogens (tertiary/aromatic N) is 3. The molecule has 0 bridgehead atoms. The predicted octanol–water partition coefficient (Wildman–Crippen LogP) is 2.96. The Morgan fingerprint density at radius 3 is 2.86 bits per heavy atom. The van der Waals surface area contributed by atoms with Crippen LogP contribution in [0, 0.1) is 5.95 Å². The van der Waals surface area contributed by atoms with E-state index < -0.39 is 12.0 Å². The smallest absolute Gasteiger partial charge is 0.414 e. The number of aldehydes is 1. The van der Waals surface area contributed by atoms with E-state index in [0.717, 1.165) is 5.56 Å². The van der Waals surface area contributed by atoms with Crippen molar-refractivity contribution in [3.8, 4) is 0 Å². The molecule has 0 spiro atoms. The highest BCUT2D eigenvalue weighted by atomic mass is 19.1. The number of rotatable bonds is 4. The Hall–Kier alpha value is -3.00. The molecule has 1 fully saturated rings. The van der Waals surface area contributed by atoms with Gasteiger partial charge < -0.3 is 14.4 Å². The number of fused-ring (bicyclic) bond motifs is 1. The number of halogens is 1. The molecule has 0 aliphatic carbocycles. The van der Waals surface area contributed by atoms with E-state index in [4.69, 9.17) is 9.47 Å². The zero-order chi connectivity index (χ0) is 20.4. The fourth-order valence-corrected chi connectivity index (χ4v) is 3.82. The van der Waals surface area contributed by atoms with Crippen LogP contribution in [0.4, 0.5) is 20.7 Å². The molecule has 7 nitrogen and oxygen atoms in total. The third kappa shape index (κ3) is 3.67. The molecule has 29 heavy (non-hydrogen) atoms. The van der Waals surface area contributed by atoms with Crippen molar-refractivity contribution >= 4 is 23.9 Å². The summed E-state index contributed by atoms with van der Waals surface area (Å²) < 4.78 is 25.6. The van der Waals surface area contributed by atoms with Crippen LogP contribution in [0.3, 0.4) is 0 Å². The number of anilines is 2. The van der Waals surface area contributed by atoms with Crippen LogP contribution in [0.5, 0.6) is 0 Å². The minimum Gasteiger partial charge on any atom is -0.444 e. The van der Waals surface area contributed by atoms with Gasteiger partial charge in [0.25, 0.3) is 0 Å². The quantitative estimate of drug-likeness (QED) is 0.582. The summed E-state index contributed by atoms with van der Waals surface area (Å²) in [7, 11) is 0. The third-order valence-electron chi connectivity index (χ3n) is 5.28. The first-order valence-corrected chi connectivity index (χ1v) is 9.60. The molecule has 0 N–H and O–H groups in total. The Kier molecular flexibility index (Phi) is 5.44. The molecular weight excluding hydrogens is 377 g/mol. The number of carbonyl (C=O) groups is 2. The topological polar surface area (TPSA) is 72.0 Å². The lowest BCUT2D eigenvalue weighted by molar-refractivity contribution is 0.0983. The van der Waals surface area contributed by atoms with E-state index in [0.29, 0.717) is 50.4 Å². The SMILES string of the molecule is C[C@@H]1COCCN1c1nc(F)c(C=O)c2c1CCN2C(=O)OCc1ccccc1. The van der Waals surface area contributed by atoms with Crippen molar-refractivity contribution in [3.05, 3.63) is 53.0 Å². The van der Waals surface area contributed by atoms with E-state index in [1.165, 1.54) is 4.90 Å². The van der Waals surface area contributed by atoms with E-state index in [1.807, 2.05) is 42.2 Å². The molecule has 1 saturated heterocycles. The van der Waals surface area contributed by atoms with E-state index in [-0.39, 0.29) is 23.9 Å². The van der Waals surface area contributed by atoms with Crippen LogP contribution in [0.2, 0.25) is 0 Å². The first-order valence-electron chi connectivity index (χ1n) is 9.60. The second kappa shape index (κ2) is 8.16. The minimum absolute atomic E-state index is 0.0147. The zero-order valence-electron chi connectivity index (χ0n) is 16.1. The summed E-state index contributed by atoms with van der Waals surface area (Å²) in [6.45, 7) is 3.97. The maximum atomic E-state index is 14.7. The third-order valence-corrected chi connectivity index (χ3v) is 5.28. The van der Waals surface area contributed by atoms with Crippen LogP contribution in [-0.4, -0.2) is 49.7 Å². The summed E-state index contributed by atoms with van der Waals surface area (Å²) in [6.07, 6.45) is 0.280. The van der Waals surface area contributed by atoms with Crippen LogP contribution in [-0.2, 0) is 22.5 Å². The summed E-state index contributed by atoms with van der Waals surface area (Å²) in [4.78, 5) is 31.7. The fourth-order valence-electron chi connectivity index (χ4n) is 3.82. The van der Waals surface area contributed by atoms with Crippen molar-refractivity contribution in [2.45, 2.75) is 26.0 Å². The van der Waals surface area contributed by atoms with Gasteiger partial charge in [0.05, 0.1) is 30.5 Å². The highest BCUT2D eigenvalue weighted by molar-refractivity contribution is 5.99. The molecular formula is C21H22FN3O4. The Labute approximate surface area is 168 Å². The number of ether oxygens (including phenoxy) is 2. The molecule has 0 saturated carbocycles. The van der Waals surface area contributed by atoms with Gasteiger partial charge in [-0.25, -0.2) is 9.78 Å². The van der Waals surface area contributed by atoms with Gasteiger partial charge in [0.2, 0.25) is 5.95 Å². The minimum atomic E-state index is -0.879. The Morgan fingerprint density at radius 2 is 2.14 bits per heavy atom. The number of carbonyl (C=O) groups excluding carboxylic acids is 2. The van der Waals surface area contributed by atoms with Gasteiger partial charge >= 0.3 is 6.09 Å². The van der Waals surface area contributed by atoms with Gasteiger partial charge in [0, 0.05) is 18.7 Å². The van der Waals surface area contributed by atoms with Crippen LogP contribution in [0.15, 0.2) is 30.3 Å². The number of amides is 1. The Morgan fingerprint density at radius 1 is 1.34 bits per heavy atom. The van der Waals surface area contributed by atoms with Crippen LogP contribution < -0.4 is 9.80 Å². The summed E-state index contributed by atoms with van der Waals surface area (Å²) in [5.74, 6) is -0.410. The lowest BCUT2D eigenvalue weighted by Crippen LogP contribution is -2.44. The lowest BCUT2D eigenvalue weighted by Gasteiger charge is -2.35. The second-order valence-electron chi connectivity index (χ2n) is 7.14. The first kappa shape index (κ1) is 19.3. The van der Waals surface area contributed by atoms with E-state index in [1.54, 1.807) is 0 Å². The van der Waals surface area contributed by atoms with Crippen molar-refractivity contribution in [3.63, 3.8) is 0 Å². The highest BCUT2D eigenvalue weighted by Crippen LogP contribution is 2.39. The number of aromatic nitrogens is 1. The van der Waals surface area contributed by atoms with Crippen molar-refractivity contribution in [1.82, 2.24) is 4.98 Å². The van der Waals surface area contributed by atoms with Gasteiger partial charge in [-0.15, -0.1) is 0 Å². The van der Waals surface area contributed by atoms with E-state index >= 15 is 0 Å². The molecule has 0 unspecified atom stereocenters. The van der Waals surface area contributed by atoms with Crippen molar-refractivity contribution in [2.24, 2.45) is 0 Å². The molecule has 152 valence electrons. The molecule has 0 radical (unpaired) electrons. The number of benzene rings is 1. The Bertz CT molecular complexity index is 922. The average molecular weight is 399 g/mol. The largest absolute Gasteiger partial charge is 0.444 e. The maximum absolute atomic E-state index is 14.7. The molecule has 1 amide bonds. The monoisotopic (exact) mass is 399 g/mol. The summed E-state index contributed by atoms with van der Waals surface area (Å²) in [5, 5.41) is 0. The molecule has 2 aromatic rings. The van der Waals surface area contributed by atoms with Gasteiger partial charge in [-0.05, 0) is 18.9 Å². The lowest BCUT2D eigenvalue weighted by atomic mass is 10.1. The first-order chi connectivity index (χ1) is 14.1. The van der Waals surface area contributed by atoms with Crippen LogP contribution in [0.25, 0.3) is 0 Å². The van der Waals surface area contributed by atoms with E-state index in [2.05, 4.69) is 4.98 Å². The van der Waals surface area contributed by atoms with Gasteiger partial charge in [-0.3, -0.25) is 9.69 Å². The van der Waals surface area contributed by atoms with Crippen LogP contribution in [0.1, 0.15) is 28.4 Å². The van der Waals surface area contributed by atoms with Crippen molar-refractivity contribution in [2.75, 3.05) is 36.1 Å². The van der Waals surface area contributed by atoms with Crippen molar-refractivity contribution < 1.29 is 23.5 Å². The number of pyridine rings is 1. The average Bonchev–Trinajstić information content (AvgIpc) is 3.18. The van der Waals surface area contributed by atoms with E-state index in [9.17, 15) is 14.0 Å². The Balaban J connectivity index is 1.65. The molecule has 2 aliphatic heterocycles.